The second-order valence-electron chi connectivity index (χ2n) is 4.91. The summed E-state index contributed by atoms with van der Waals surface area (Å²) in [6.07, 6.45) is 4.60. The quantitative estimate of drug-likeness (QED) is 0.543. The van der Waals surface area contributed by atoms with E-state index in [0.29, 0.717) is 17.4 Å². The molecule has 112 valence electrons. The fourth-order valence-corrected chi connectivity index (χ4v) is 2.22. The van der Waals surface area contributed by atoms with E-state index in [2.05, 4.69) is 19.2 Å². The summed E-state index contributed by atoms with van der Waals surface area (Å²) in [6, 6.07) is 5.10. The molecule has 1 rings (SSSR count). The highest BCUT2D eigenvalue weighted by Gasteiger charge is 2.20. The Hall–Kier alpha value is -1.78. The van der Waals surface area contributed by atoms with Gasteiger partial charge in [0.1, 0.15) is 5.69 Å². The molecule has 1 aromatic carbocycles. The lowest BCUT2D eigenvalue weighted by molar-refractivity contribution is -0.384. The van der Waals surface area contributed by atoms with Gasteiger partial charge in [-0.1, -0.05) is 39.2 Å². The molecule has 0 heterocycles. The average Bonchev–Trinajstić information content (AvgIpc) is 2.46. The zero-order valence-electron chi connectivity index (χ0n) is 12.5. The van der Waals surface area contributed by atoms with Crippen molar-refractivity contribution in [3.8, 4) is 5.75 Å². The molecule has 0 saturated carbocycles. The fourth-order valence-electron chi connectivity index (χ4n) is 2.22. The van der Waals surface area contributed by atoms with Gasteiger partial charge in [-0.05, 0) is 24.5 Å². The lowest BCUT2D eigenvalue weighted by Gasteiger charge is -2.16. The van der Waals surface area contributed by atoms with Crippen LogP contribution >= 0.6 is 0 Å². The van der Waals surface area contributed by atoms with Crippen molar-refractivity contribution in [2.24, 2.45) is 5.92 Å². The lowest BCUT2D eigenvalue weighted by Crippen LogP contribution is -2.14. The van der Waals surface area contributed by atoms with E-state index < -0.39 is 4.92 Å². The molecule has 0 aliphatic heterocycles. The third-order valence-electron chi connectivity index (χ3n) is 3.53. The average molecular weight is 280 g/mol. The Morgan fingerprint density at radius 1 is 1.40 bits per heavy atom. The third-order valence-corrected chi connectivity index (χ3v) is 3.53. The normalized spacial score (nSPS) is 11.9. The Bertz CT molecular complexity index is 435. The van der Waals surface area contributed by atoms with Crippen LogP contribution in [0.25, 0.3) is 0 Å². The van der Waals surface area contributed by atoms with E-state index >= 15 is 0 Å². The number of anilines is 1. The number of ether oxygens (including phenoxy) is 1. The van der Waals surface area contributed by atoms with Gasteiger partial charge in [0.05, 0.1) is 12.0 Å². The Morgan fingerprint density at radius 3 is 2.70 bits per heavy atom. The molecule has 5 heteroatoms. The van der Waals surface area contributed by atoms with Crippen molar-refractivity contribution in [3.05, 3.63) is 28.3 Å². The van der Waals surface area contributed by atoms with Crippen LogP contribution in [0.15, 0.2) is 18.2 Å². The van der Waals surface area contributed by atoms with Crippen LogP contribution in [0.5, 0.6) is 5.75 Å². The summed E-state index contributed by atoms with van der Waals surface area (Å²) >= 11 is 0. The molecule has 1 N–H and O–H groups in total. The number of para-hydroxylation sites is 1. The smallest absolute Gasteiger partial charge is 0.333 e. The predicted octanol–water partition coefficient (Wildman–Crippen LogP) is 4.23. The first-order valence-corrected chi connectivity index (χ1v) is 7.19. The van der Waals surface area contributed by atoms with Crippen molar-refractivity contribution < 1.29 is 9.66 Å². The summed E-state index contributed by atoms with van der Waals surface area (Å²) in [6.45, 7) is 5.08. The number of hydrogen-bond acceptors (Lipinski definition) is 4. The minimum absolute atomic E-state index is 0.0142. The van der Waals surface area contributed by atoms with E-state index in [1.807, 2.05) is 0 Å². The van der Waals surface area contributed by atoms with Crippen LogP contribution in [0.1, 0.15) is 39.5 Å². The number of hydrogen-bond donors (Lipinski definition) is 1. The van der Waals surface area contributed by atoms with Crippen LogP contribution in [0.4, 0.5) is 11.4 Å². The third kappa shape index (κ3) is 4.40. The molecule has 0 saturated heterocycles. The lowest BCUT2D eigenvalue weighted by atomic mass is 9.99. The summed E-state index contributed by atoms with van der Waals surface area (Å²) in [5.41, 5.74) is 0.546. The Kier molecular flexibility index (Phi) is 6.84. The molecule has 0 fully saturated rings. The van der Waals surface area contributed by atoms with Gasteiger partial charge >= 0.3 is 5.69 Å². The number of nitrogens with one attached hydrogen (secondary N) is 1. The molecule has 1 aromatic rings. The van der Waals surface area contributed by atoms with Crippen molar-refractivity contribution in [1.82, 2.24) is 0 Å². The second-order valence-corrected chi connectivity index (χ2v) is 4.91. The highest BCUT2D eigenvalue weighted by Crippen LogP contribution is 2.34. The van der Waals surface area contributed by atoms with Gasteiger partial charge in [0.2, 0.25) is 0 Å². The van der Waals surface area contributed by atoms with Crippen LogP contribution in [0, 0.1) is 16.0 Å². The van der Waals surface area contributed by atoms with Crippen LogP contribution in [-0.4, -0.2) is 18.6 Å². The zero-order valence-corrected chi connectivity index (χ0v) is 12.5. The van der Waals surface area contributed by atoms with E-state index in [1.54, 1.807) is 18.2 Å². The van der Waals surface area contributed by atoms with Gasteiger partial charge < -0.3 is 10.1 Å². The first-order valence-electron chi connectivity index (χ1n) is 7.19. The molecule has 1 atom stereocenters. The topological polar surface area (TPSA) is 64.4 Å². The molecule has 0 radical (unpaired) electrons. The highest BCUT2D eigenvalue weighted by atomic mass is 16.6. The number of nitrogens with zero attached hydrogens (tertiary/aromatic N) is 1. The molecule has 20 heavy (non-hydrogen) atoms. The summed E-state index contributed by atoms with van der Waals surface area (Å²) in [7, 11) is 1.45. The first-order chi connectivity index (χ1) is 9.63. The molecular formula is C15H24N2O3. The molecule has 0 bridgehead atoms. The molecular weight excluding hydrogens is 256 g/mol. The maximum atomic E-state index is 11.2. The standard InChI is InChI=1S/C15H24N2O3/c1-4-6-8-12(5-2)11-16-13-9-7-10-14(20-3)15(13)17(18)19/h7,9-10,12,16H,4-6,8,11H2,1-3H3. The van der Waals surface area contributed by atoms with E-state index in [9.17, 15) is 10.1 Å². The number of nitro groups is 1. The predicted molar refractivity (Wildman–Crippen MR) is 81.4 cm³/mol. The van der Waals surface area contributed by atoms with Crippen molar-refractivity contribution in [2.75, 3.05) is 19.0 Å². The van der Waals surface area contributed by atoms with E-state index in [1.165, 1.54) is 20.0 Å². The van der Waals surface area contributed by atoms with Crippen LogP contribution in [-0.2, 0) is 0 Å². The van der Waals surface area contributed by atoms with Gasteiger partial charge in [0.25, 0.3) is 0 Å². The SMILES string of the molecule is CCCCC(CC)CNc1cccc(OC)c1[N+](=O)[O-]. The van der Waals surface area contributed by atoms with Gasteiger partial charge in [-0.25, -0.2) is 0 Å². The van der Waals surface area contributed by atoms with Crippen LogP contribution in [0.3, 0.4) is 0 Å². The number of methoxy groups -OCH3 is 1. The fraction of sp³-hybridized carbons (Fsp3) is 0.600. The summed E-state index contributed by atoms with van der Waals surface area (Å²) < 4.78 is 5.06. The van der Waals surface area contributed by atoms with Crippen molar-refractivity contribution in [1.29, 1.82) is 0 Å². The Balaban J connectivity index is 2.78. The monoisotopic (exact) mass is 280 g/mol. The molecule has 0 amide bonds. The first kappa shape index (κ1) is 16.3. The van der Waals surface area contributed by atoms with E-state index in [-0.39, 0.29) is 5.69 Å². The second kappa shape index (κ2) is 8.40. The van der Waals surface area contributed by atoms with Crippen molar-refractivity contribution in [3.63, 3.8) is 0 Å². The summed E-state index contributed by atoms with van der Waals surface area (Å²) in [5, 5.41) is 14.4. The zero-order chi connectivity index (χ0) is 15.0. The highest BCUT2D eigenvalue weighted by molar-refractivity contribution is 5.68. The van der Waals surface area contributed by atoms with Crippen molar-refractivity contribution in [2.45, 2.75) is 39.5 Å². The van der Waals surface area contributed by atoms with Crippen LogP contribution < -0.4 is 10.1 Å². The number of nitro benzene ring substituents is 1. The van der Waals surface area contributed by atoms with Crippen LogP contribution in [0.2, 0.25) is 0 Å². The summed E-state index contributed by atoms with van der Waals surface area (Å²) in [5.74, 6) is 0.836. The minimum Gasteiger partial charge on any atom is -0.490 e. The van der Waals surface area contributed by atoms with Gasteiger partial charge in [-0.3, -0.25) is 10.1 Å². The minimum atomic E-state index is -0.395. The van der Waals surface area contributed by atoms with Gasteiger partial charge in [-0.15, -0.1) is 0 Å². The molecule has 0 aliphatic carbocycles. The number of unbranched alkanes of at least 4 members (excludes halogenated alkanes) is 1. The number of benzene rings is 1. The Labute approximate surface area is 120 Å². The van der Waals surface area contributed by atoms with E-state index in [0.717, 1.165) is 19.4 Å². The Morgan fingerprint density at radius 2 is 2.15 bits per heavy atom. The number of rotatable bonds is 9. The maximum absolute atomic E-state index is 11.2. The van der Waals surface area contributed by atoms with Gasteiger partial charge in [0, 0.05) is 6.54 Å². The van der Waals surface area contributed by atoms with Crippen molar-refractivity contribution >= 4 is 11.4 Å². The van der Waals surface area contributed by atoms with Gasteiger partial charge in [-0.2, -0.15) is 0 Å². The maximum Gasteiger partial charge on any atom is 0.333 e. The van der Waals surface area contributed by atoms with E-state index in [4.69, 9.17) is 4.74 Å². The molecule has 5 nitrogen and oxygen atoms in total. The molecule has 1 unspecified atom stereocenters. The summed E-state index contributed by atoms with van der Waals surface area (Å²) in [4.78, 5) is 10.8. The molecule has 0 spiro atoms. The molecule has 0 aliphatic rings. The molecule has 0 aromatic heterocycles. The largest absolute Gasteiger partial charge is 0.490 e. The van der Waals surface area contributed by atoms with Gasteiger partial charge in [0.15, 0.2) is 5.75 Å².